The second-order valence-electron chi connectivity index (χ2n) is 5.45. The van der Waals surface area contributed by atoms with Gasteiger partial charge in [0.05, 0.1) is 24.4 Å². The van der Waals surface area contributed by atoms with Crippen LogP contribution in [0.4, 0.5) is 0 Å². The molecule has 26 heavy (non-hydrogen) atoms. The van der Waals surface area contributed by atoms with Crippen molar-refractivity contribution in [2.24, 2.45) is 4.99 Å². The number of ether oxygens (including phenoxy) is 2. The third-order valence-corrected chi connectivity index (χ3v) is 4.78. The molecule has 0 radical (unpaired) electrons. The van der Waals surface area contributed by atoms with Gasteiger partial charge in [-0.15, -0.1) is 35.3 Å². The van der Waals surface area contributed by atoms with Crippen LogP contribution in [0.25, 0.3) is 0 Å². The predicted molar refractivity (Wildman–Crippen MR) is 119 cm³/mol. The number of hydrogen-bond donors (Lipinski definition) is 2. The molecule has 0 amide bonds. The Morgan fingerprint density at radius 2 is 1.77 bits per heavy atom. The molecule has 0 unspecified atom stereocenters. The van der Waals surface area contributed by atoms with Crippen LogP contribution in [-0.4, -0.2) is 44.8 Å². The zero-order valence-corrected chi connectivity index (χ0v) is 18.8. The normalized spacial score (nSPS) is 10.8. The van der Waals surface area contributed by atoms with Crippen LogP contribution in [0.1, 0.15) is 15.6 Å². The Labute approximate surface area is 176 Å². The summed E-state index contributed by atoms with van der Waals surface area (Å²) in [6, 6.07) is 7.55. The van der Waals surface area contributed by atoms with Crippen LogP contribution in [0.3, 0.4) is 0 Å². The van der Waals surface area contributed by atoms with E-state index in [0.717, 1.165) is 41.1 Å². The first-order chi connectivity index (χ1) is 12.1. The number of rotatable bonds is 8. The molecule has 0 aliphatic carbocycles. The molecule has 2 N–H and O–H groups in total. The molecule has 1 aromatic heterocycles. The number of benzene rings is 1. The number of hydrogen-bond acceptors (Lipinski definition) is 5. The minimum atomic E-state index is 0. The van der Waals surface area contributed by atoms with Gasteiger partial charge in [0.15, 0.2) is 5.96 Å². The van der Waals surface area contributed by atoms with Gasteiger partial charge in [-0.3, -0.25) is 4.99 Å². The van der Waals surface area contributed by atoms with Gasteiger partial charge in [-0.1, -0.05) is 0 Å². The summed E-state index contributed by atoms with van der Waals surface area (Å²) in [5.41, 5.74) is 1.12. The molecular formula is C18H27IN4O2S. The van der Waals surface area contributed by atoms with E-state index in [9.17, 15) is 0 Å². The second kappa shape index (κ2) is 11.9. The van der Waals surface area contributed by atoms with Gasteiger partial charge >= 0.3 is 0 Å². The van der Waals surface area contributed by atoms with Crippen molar-refractivity contribution in [1.29, 1.82) is 0 Å². The van der Waals surface area contributed by atoms with Crippen LogP contribution < -0.4 is 20.1 Å². The fraction of sp³-hybridized carbons (Fsp3) is 0.444. The lowest BCUT2D eigenvalue weighted by molar-refractivity contribution is 0.321. The number of nitrogens with one attached hydrogen (secondary N) is 2. The molecule has 2 aromatic rings. The number of methoxy groups -OCH3 is 1. The maximum Gasteiger partial charge on any atom is 0.191 e. The van der Waals surface area contributed by atoms with Crippen LogP contribution in [0.2, 0.25) is 0 Å². The minimum absolute atomic E-state index is 0. The van der Waals surface area contributed by atoms with E-state index in [1.54, 1.807) is 25.5 Å². The van der Waals surface area contributed by atoms with Gasteiger partial charge in [0.1, 0.15) is 18.1 Å². The molecule has 0 aliphatic heterocycles. The number of aryl methyl sites for hydroxylation is 2. The van der Waals surface area contributed by atoms with Crippen molar-refractivity contribution in [2.75, 3.05) is 33.9 Å². The number of aliphatic imine (C=N–C) groups is 1. The van der Waals surface area contributed by atoms with E-state index >= 15 is 0 Å². The fourth-order valence-corrected chi connectivity index (χ4v) is 3.10. The molecule has 1 heterocycles. The van der Waals surface area contributed by atoms with E-state index in [1.807, 2.05) is 31.2 Å². The number of halogens is 1. The third-order valence-electron chi connectivity index (χ3n) is 3.65. The summed E-state index contributed by atoms with van der Waals surface area (Å²) < 4.78 is 10.8. The van der Waals surface area contributed by atoms with Crippen molar-refractivity contribution < 1.29 is 9.47 Å². The van der Waals surface area contributed by atoms with Crippen LogP contribution in [0.15, 0.2) is 29.3 Å². The highest BCUT2D eigenvalue weighted by Crippen LogP contribution is 2.17. The first-order valence-corrected chi connectivity index (χ1v) is 9.08. The summed E-state index contributed by atoms with van der Waals surface area (Å²) in [5, 5.41) is 7.68. The summed E-state index contributed by atoms with van der Waals surface area (Å²) in [4.78, 5) is 10.0. The zero-order chi connectivity index (χ0) is 18.1. The van der Waals surface area contributed by atoms with Crippen LogP contribution >= 0.6 is 35.3 Å². The van der Waals surface area contributed by atoms with Gasteiger partial charge < -0.3 is 20.1 Å². The SMILES string of the molecule is CN=C(NCCOc1ccc(OC)cc1)NCCc1nc(C)c(C)s1.I. The first kappa shape index (κ1) is 22.5. The molecule has 0 spiro atoms. The van der Waals surface area contributed by atoms with Crippen LogP contribution in [0.5, 0.6) is 11.5 Å². The van der Waals surface area contributed by atoms with Gasteiger partial charge in [0, 0.05) is 24.9 Å². The van der Waals surface area contributed by atoms with E-state index in [2.05, 4.69) is 27.5 Å². The summed E-state index contributed by atoms with van der Waals surface area (Å²) in [7, 11) is 3.41. The summed E-state index contributed by atoms with van der Waals surface area (Å²) >= 11 is 1.75. The molecule has 2 rings (SSSR count). The molecule has 6 nitrogen and oxygen atoms in total. The topological polar surface area (TPSA) is 67.8 Å². The van der Waals surface area contributed by atoms with Gasteiger partial charge in [-0.25, -0.2) is 4.98 Å². The van der Waals surface area contributed by atoms with Crippen molar-refractivity contribution >= 4 is 41.3 Å². The van der Waals surface area contributed by atoms with Gasteiger partial charge in [0.2, 0.25) is 0 Å². The maximum absolute atomic E-state index is 5.68. The first-order valence-electron chi connectivity index (χ1n) is 8.26. The smallest absolute Gasteiger partial charge is 0.191 e. The van der Waals surface area contributed by atoms with Crippen LogP contribution in [-0.2, 0) is 6.42 Å². The highest BCUT2D eigenvalue weighted by atomic mass is 127. The Kier molecular flexibility index (Phi) is 10.3. The third kappa shape index (κ3) is 7.36. The van der Waals surface area contributed by atoms with Crippen molar-refractivity contribution in [1.82, 2.24) is 15.6 Å². The quantitative estimate of drug-likeness (QED) is 0.258. The van der Waals surface area contributed by atoms with Crippen molar-refractivity contribution in [3.05, 3.63) is 39.8 Å². The molecular weight excluding hydrogens is 463 g/mol. The second-order valence-corrected chi connectivity index (χ2v) is 6.74. The lowest BCUT2D eigenvalue weighted by Crippen LogP contribution is -2.40. The molecule has 144 valence electrons. The van der Waals surface area contributed by atoms with E-state index in [1.165, 1.54) is 4.88 Å². The highest BCUT2D eigenvalue weighted by Gasteiger charge is 2.04. The Hall–Kier alpha value is -1.55. The average molecular weight is 490 g/mol. The average Bonchev–Trinajstić information content (AvgIpc) is 2.95. The molecule has 0 aliphatic rings. The fourth-order valence-electron chi connectivity index (χ4n) is 2.16. The molecule has 0 saturated heterocycles. The molecule has 0 saturated carbocycles. The van der Waals surface area contributed by atoms with Crippen molar-refractivity contribution in [3.8, 4) is 11.5 Å². The molecule has 1 aromatic carbocycles. The Morgan fingerprint density at radius 3 is 2.35 bits per heavy atom. The lowest BCUT2D eigenvalue weighted by atomic mass is 10.3. The van der Waals surface area contributed by atoms with E-state index in [0.29, 0.717) is 13.2 Å². The summed E-state index contributed by atoms with van der Waals surface area (Å²) in [6.45, 7) is 6.17. The van der Waals surface area contributed by atoms with E-state index < -0.39 is 0 Å². The Balaban J connectivity index is 0.00000338. The van der Waals surface area contributed by atoms with Crippen molar-refractivity contribution in [3.63, 3.8) is 0 Å². The van der Waals surface area contributed by atoms with Crippen molar-refractivity contribution in [2.45, 2.75) is 20.3 Å². The van der Waals surface area contributed by atoms with Gasteiger partial charge in [-0.05, 0) is 38.1 Å². The molecule has 0 bridgehead atoms. The molecule has 8 heteroatoms. The summed E-state index contributed by atoms with van der Waals surface area (Å²) in [5.74, 6) is 2.41. The molecule has 0 atom stereocenters. The monoisotopic (exact) mass is 490 g/mol. The standard InChI is InChI=1S/C18H26N4O2S.HI/c1-13-14(2)25-17(22-13)9-10-20-18(19-3)21-11-12-24-16-7-5-15(23-4)6-8-16;/h5-8H,9-12H2,1-4H3,(H2,19,20,21);1H. The molecule has 0 fully saturated rings. The van der Waals surface area contributed by atoms with Gasteiger partial charge in [0.25, 0.3) is 0 Å². The number of aromatic nitrogens is 1. The number of thiazole rings is 1. The lowest BCUT2D eigenvalue weighted by Gasteiger charge is -2.12. The largest absolute Gasteiger partial charge is 0.497 e. The minimum Gasteiger partial charge on any atom is -0.497 e. The number of nitrogens with zero attached hydrogens (tertiary/aromatic N) is 2. The predicted octanol–water partition coefficient (Wildman–Crippen LogP) is 3.17. The van der Waals surface area contributed by atoms with E-state index in [-0.39, 0.29) is 24.0 Å². The Bertz CT molecular complexity index is 669. The summed E-state index contributed by atoms with van der Waals surface area (Å²) in [6.07, 6.45) is 0.891. The maximum atomic E-state index is 5.68. The Morgan fingerprint density at radius 1 is 1.12 bits per heavy atom. The van der Waals surface area contributed by atoms with Crippen LogP contribution in [0, 0.1) is 13.8 Å². The highest BCUT2D eigenvalue weighted by molar-refractivity contribution is 14.0. The zero-order valence-electron chi connectivity index (χ0n) is 15.7. The number of guanidine groups is 1. The van der Waals surface area contributed by atoms with E-state index in [4.69, 9.17) is 9.47 Å². The van der Waals surface area contributed by atoms with Gasteiger partial charge in [-0.2, -0.15) is 0 Å².